The average Bonchev–Trinajstić information content (AvgIpc) is 2.66. The Kier molecular flexibility index (Phi) is 5.94. The van der Waals surface area contributed by atoms with Crippen LogP contribution in [0.2, 0.25) is 5.02 Å². The van der Waals surface area contributed by atoms with Gasteiger partial charge in [-0.05, 0) is 55.0 Å². The Morgan fingerprint density at radius 1 is 1.12 bits per heavy atom. The smallest absolute Gasteiger partial charge is 0.335 e. The van der Waals surface area contributed by atoms with E-state index in [-0.39, 0.29) is 17.5 Å². The Morgan fingerprint density at radius 3 is 2.69 bits per heavy atom. The minimum atomic E-state index is -0.956. The normalized spacial score (nSPS) is 17.1. The van der Waals surface area contributed by atoms with Crippen molar-refractivity contribution in [3.05, 3.63) is 70.2 Å². The van der Waals surface area contributed by atoms with Gasteiger partial charge in [-0.25, -0.2) is 4.79 Å². The molecule has 3 rings (SSSR count). The van der Waals surface area contributed by atoms with E-state index in [9.17, 15) is 14.7 Å². The molecule has 26 heavy (non-hydrogen) atoms. The number of rotatable bonds is 5. The zero-order valence-corrected chi connectivity index (χ0v) is 15.3. The van der Waals surface area contributed by atoms with Crippen LogP contribution in [0, 0.1) is 0 Å². The molecule has 0 radical (unpaired) electrons. The van der Waals surface area contributed by atoms with Gasteiger partial charge in [-0.2, -0.15) is 0 Å². The molecule has 1 aliphatic heterocycles. The molecule has 2 aromatic rings. The Hall–Kier alpha value is -2.33. The number of likely N-dealkylation sites (tertiary alicyclic amines) is 1. The highest BCUT2D eigenvalue weighted by Crippen LogP contribution is 2.32. The fraction of sp³-hybridized carbons (Fsp3) is 0.333. The quantitative estimate of drug-likeness (QED) is 0.826. The van der Waals surface area contributed by atoms with Gasteiger partial charge in [-0.3, -0.25) is 4.79 Å². The van der Waals surface area contributed by atoms with E-state index in [1.807, 2.05) is 35.2 Å². The van der Waals surface area contributed by atoms with E-state index in [2.05, 4.69) is 0 Å². The summed E-state index contributed by atoms with van der Waals surface area (Å²) in [6.45, 7) is 0.733. The number of aromatic carboxylic acids is 1. The molecular formula is C21H22ClNO3. The first-order valence-corrected chi connectivity index (χ1v) is 9.30. The number of nitrogens with zero attached hydrogens (tertiary/aromatic N) is 1. The second kappa shape index (κ2) is 8.37. The molecule has 1 aliphatic rings. The Labute approximate surface area is 158 Å². The number of amides is 1. The molecule has 0 saturated carbocycles. The molecule has 1 amide bonds. The third kappa shape index (κ3) is 4.25. The molecule has 136 valence electrons. The van der Waals surface area contributed by atoms with Crippen LogP contribution in [0.25, 0.3) is 0 Å². The van der Waals surface area contributed by atoms with Crippen molar-refractivity contribution in [1.29, 1.82) is 0 Å². The highest BCUT2D eigenvalue weighted by molar-refractivity contribution is 6.30. The highest BCUT2D eigenvalue weighted by Gasteiger charge is 2.28. The van der Waals surface area contributed by atoms with Gasteiger partial charge in [0.15, 0.2) is 0 Å². The number of carbonyl (C=O) groups is 2. The maximum Gasteiger partial charge on any atom is 0.335 e. The first-order chi connectivity index (χ1) is 12.6. The standard InChI is InChI=1S/C21H22ClNO3/c22-17-8-5-7-16(14-17)19-10-3-4-13-23(19)20(24)12-11-15-6-1-2-9-18(15)21(25)26/h1-2,5-9,14,19H,3-4,10-13H2,(H,25,26). The number of carboxylic acids is 1. The number of carbonyl (C=O) groups excluding carboxylic acids is 1. The molecule has 0 bridgehead atoms. The first-order valence-electron chi connectivity index (χ1n) is 8.92. The van der Waals surface area contributed by atoms with Gasteiger partial charge in [0.25, 0.3) is 0 Å². The molecule has 0 aromatic heterocycles. The Bertz CT molecular complexity index is 805. The highest BCUT2D eigenvalue weighted by atomic mass is 35.5. The largest absolute Gasteiger partial charge is 0.478 e. The van der Waals surface area contributed by atoms with Crippen molar-refractivity contribution < 1.29 is 14.7 Å². The van der Waals surface area contributed by atoms with Crippen molar-refractivity contribution in [1.82, 2.24) is 4.90 Å². The lowest BCUT2D eigenvalue weighted by Gasteiger charge is -2.36. The predicted octanol–water partition coefficient (Wildman–Crippen LogP) is 4.72. The lowest BCUT2D eigenvalue weighted by atomic mass is 9.94. The summed E-state index contributed by atoms with van der Waals surface area (Å²) in [4.78, 5) is 26.1. The number of piperidine rings is 1. The molecule has 4 nitrogen and oxygen atoms in total. The lowest BCUT2D eigenvalue weighted by molar-refractivity contribution is -0.135. The predicted molar refractivity (Wildman–Crippen MR) is 101 cm³/mol. The van der Waals surface area contributed by atoms with Gasteiger partial charge in [0.05, 0.1) is 11.6 Å². The minimum absolute atomic E-state index is 0.0460. The average molecular weight is 372 g/mol. The van der Waals surface area contributed by atoms with E-state index in [1.54, 1.807) is 18.2 Å². The number of aryl methyl sites for hydroxylation is 1. The molecule has 2 aromatic carbocycles. The van der Waals surface area contributed by atoms with Crippen LogP contribution < -0.4 is 0 Å². The van der Waals surface area contributed by atoms with Crippen LogP contribution in [-0.2, 0) is 11.2 Å². The van der Waals surface area contributed by atoms with Crippen LogP contribution in [-0.4, -0.2) is 28.4 Å². The summed E-state index contributed by atoms with van der Waals surface area (Å²) in [6, 6.07) is 14.6. The zero-order valence-electron chi connectivity index (χ0n) is 14.5. The topological polar surface area (TPSA) is 57.6 Å². The van der Waals surface area contributed by atoms with Crippen molar-refractivity contribution in [3.63, 3.8) is 0 Å². The summed E-state index contributed by atoms with van der Waals surface area (Å²) in [6.07, 6.45) is 3.75. The summed E-state index contributed by atoms with van der Waals surface area (Å²) < 4.78 is 0. The monoisotopic (exact) mass is 371 g/mol. The van der Waals surface area contributed by atoms with E-state index in [0.717, 1.165) is 31.4 Å². The summed E-state index contributed by atoms with van der Waals surface area (Å²) in [5, 5.41) is 9.97. The fourth-order valence-corrected chi connectivity index (χ4v) is 3.82. The minimum Gasteiger partial charge on any atom is -0.478 e. The van der Waals surface area contributed by atoms with Crippen molar-refractivity contribution in [2.45, 2.75) is 38.1 Å². The van der Waals surface area contributed by atoms with Crippen LogP contribution in [0.4, 0.5) is 0 Å². The van der Waals surface area contributed by atoms with Crippen molar-refractivity contribution in [2.24, 2.45) is 0 Å². The number of benzene rings is 2. The first kappa shape index (κ1) is 18.5. The Morgan fingerprint density at radius 2 is 1.92 bits per heavy atom. The second-order valence-corrected chi connectivity index (χ2v) is 7.05. The van der Waals surface area contributed by atoms with Gasteiger partial charge in [0, 0.05) is 18.0 Å². The summed E-state index contributed by atoms with van der Waals surface area (Å²) in [5.74, 6) is -0.891. The maximum atomic E-state index is 12.9. The third-order valence-electron chi connectivity index (χ3n) is 4.91. The van der Waals surface area contributed by atoms with Crippen LogP contribution >= 0.6 is 11.6 Å². The number of halogens is 1. The number of hydrogen-bond donors (Lipinski definition) is 1. The van der Waals surface area contributed by atoms with E-state index in [0.29, 0.717) is 23.4 Å². The Balaban J connectivity index is 1.72. The fourth-order valence-electron chi connectivity index (χ4n) is 3.62. The molecule has 1 heterocycles. The molecule has 1 fully saturated rings. The molecule has 1 unspecified atom stereocenters. The van der Waals surface area contributed by atoms with Gasteiger partial charge >= 0.3 is 5.97 Å². The molecule has 1 saturated heterocycles. The van der Waals surface area contributed by atoms with E-state index in [1.165, 1.54) is 0 Å². The van der Waals surface area contributed by atoms with Crippen LogP contribution in [0.1, 0.15) is 53.2 Å². The van der Waals surface area contributed by atoms with Crippen LogP contribution in [0.15, 0.2) is 48.5 Å². The van der Waals surface area contributed by atoms with Crippen molar-refractivity contribution in [2.75, 3.05) is 6.54 Å². The third-order valence-corrected chi connectivity index (χ3v) is 5.15. The van der Waals surface area contributed by atoms with Gasteiger partial charge in [-0.1, -0.05) is 41.9 Å². The second-order valence-electron chi connectivity index (χ2n) is 6.62. The maximum absolute atomic E-state index is 12.9. The van der Waals surface area contributed by atoms with Gasteiger partial charge in [-0.15, -0.1) is 0 Å². The zero-order chi connectivity index (χ0) is 18.5. The summed E-state index contributed by atoms with van der Waals surface area (Å²) in [5.41, 5.74) is 2.03. The lowest BCUT2D eigenvalue weighted by Crippen LogP contribution is -2.38. The SMILES string of the molecule is O=C(O)c1ccccc1CCC(=O)N1CCCCC1c1cccc(Cl)c1. The molecule has 0 aliphatic carbocycles. The molecular weight excluding hydrogens is 350 g/mol. The van der Waals surface area contributed by atoms with Gasteiger partial charge < -0.3 is 10.0 Å². The van der Waals surface area contributed by atoms with Gasteiger partial charge in [0.2, 0.25) is 5.91 Å². The molecule has 0 spiro atoms. The molecule has 1 N–H and O–H groups in total. The van der Waals surface area contributed by atoms with E-state index >= 15 is 0 Å². The van der Waals surface area contributed by atoms with Crippen molar-refractivity contribution in [3.8, 4) is 0 Å². The van der Waals surface area contributed by atoms with Crippen molar-refractivity contribution >= 4 is 23.5 Å². The van der Waals surface area contributed by atoms with Crippen LogP contribution in [0.5, 0.6) is 0 Å². The number of carboxylic acid groups (broad SMARTS) is 1. The molecule has 5 heteroatoms. The summed E-state index contributed by atoms with van der Waals surface area (Å²) >= 11 is 6.12. The van der Waals surface area contributed by atoms with Gasteiger partial charge in [0.1, 0.15) is 0 Å². The van der Waals surface area contributed by atoms with E-state index in [4.69, 9.17) is 11.6 Å². The summed E-state index contributed by atoms with van der Waals surface area (Å²) in [7, 11) is 0. The molecule has 1 atom stereocenters. The van der Waals surface area contributed by atoms with Crippen LogP contribution in [0.3, 0.4) is 0 Å². The van der Waals surface area contributed by atoms with E-state index < -0.39 is 5.97 Å². The number of hydrogen-bond acceptors (Lipinski definition) is 2.